The number of aryl methyl sites for hydroxylation is 1. The average Bonchev–Trinajstić information content (AvgIpc) is 2.84. The molecule has 0 aliphatic rings. The van der Waals surface area contributed by atoms with Crippen LogP contribution < -0.4 is 0 Å². The van der Waals surface area contributed by atoms with Gasteiger partial charge in [-0.15, -0.1) is 24.4 Å². The van der Waals surface area contributed by atoms with E-state index >= 15 is 0 Å². The maximum absolute atomic E-state index is 9.45. The van der Waals surface area contributed by atoms with Crippen molar-refractivity contribution in [2.24, 2.45) is 0 Å². The van der Waals surface area contributed by atoms with Crippen LogP contribution in [0.5, 0.6) is 0 Å². The fourth-order valence-electron chi connectivity index (χ4n) is 3.51. The van der Waals surface area contributed by atoms with E-state index < -0.39 is 0 Å². The Kier molecular flexibility index (Phi) is 8.84. The fourth-order valence-corrected chi connectivity index (χ4v) is 4.97. The first kappa shape index (κ1) is 23.2. The predicted molar refractivity (Wildman–Crippen MR) is 137 cm³/mol. The summed E-state index contributed by atoms with van der Waals surface area (Å²) in [6, 6.07) is 39.7. The van der Waals surface area contributed by atoms with E-state index in [2.05, 4.69) is 92.3 Å². The van der Waals surface area contributed by atoms with Crippen LogP contribution in [0.15, 0.2) is 120 Å². The summed E-state index contributed by atoms with van der Waals surface area (Å²) in [5.41, 5.74) is 4.98. The first-order valence-corrected chi connectivity index (χ1v) is 11.8. The van der Waals surface area contributed by atoms with Crippen molar-refractivity contribution in [2.75, 3.05) is 12.4 Å². The largest absolute Gasteiger partial charge is 0.396 e. The Morgan fingerprint density at radius 2 is 1.03 bits per heavy atom. The normalized spacial score (nSPS) is 10.8. The van der Waals surface area contributed by atoms with Crippen LogP contribution in [0.25, 0.3) is 0 Å². The first-order valence-electron chi connectivity index (χ1n) is 10.3. The summed E-state index contributed by atoms with van der Waals surface area (Å²) in [6.45, 7) is 2.23. The average molecular weight is 445 g/mol. The second-order valence-corrected chi connectivity index (χ2v) is 9.01. The summed E-state index contributed by atoms with van der Waals surface area (Å²) < 4.78 is -0.313. The minimum Gasteiger partial charge on any atom is -0.396 e. The Bertz CT molecular complexity index is 899. The van der Waals surface area contributed by atoms with E-state index in [1.807, 2.05) is 42.5 Å². The third kappa shape index (κ3) is 6.04. The second-order valence-electron chi connectivity index (χ2n) is 7.19. The molecule has 1 nitrogen and oxygen atoms in total. The van der Waals surface area contributed by atoms with Crippen LogP contribution in [0.4, 0.5) is 0 Å². The van der Waals surface area contributed by atoms with Gasteiger partial charge in [0.1, 0.15) is 0 Å². The van der Waals surface area contributed by atoms with E-state index in [0.29, 0.717) is 5.75 Å². The second kappa shape index (κ2) is 11.8. The maximum atomic E-state index is 9.45. The highest BCUT2D eigenvalue weighted by Gasteiger charge is 2.36. The minimum atomic E-state index is -0.313. The van der Waals surface area contributed by atoms with Gasteiger partial charge in [0.05, 0.1) is 11.4 Å². The van der Waals surface area contributed by atoms with Crippen LogP contribution >= 0.6 is 24.4 Å². The SMILES string of the molecule is Cc1ccc(S)cc1.OCCSC(c1ccccc1)(c1ccccc1)c1ccccc1. The molecule has 0 heterocycles. The highest BCUT2D eigenvalue weighted by atomic mass is 32.2. The van der Waals surface area contributed by atoms with E-state index in [4.69, 9.17) is 0 Å². The summed E-state index contributed by atoms with van der Waals surface area (Å²) >= 11 is 5.91. The van der Waals surface area contributed by atoms with Gasteiger partial charge in [0.15, 0.2) is 0 Å². The predicted octanol–water partition coefficient (Wildman–Crippen LogP) is 6.99. The molecule has 158 valence electrons. The van der Waals surface area contributed by atoms with Crippen molar-refractivity contribution in [3.8, 4) is 0 Å². The molecule has 1 N–H and O–H groups in total. The molecule has 3 heteroatoms. The highest BCUT2D eigenvalue weighted by molar-refractivity contribution is 8.00. The van der Waals surface area contributed by atoms with E-state index in [9.17, 15) is 5.11 Å². The quantitative estimate of drug-likeness (QED) is 0.247. The fraction of sp³-hybridized carbons (Fsp3) is 0.143. The molecule has 0 aliphatic heterocycles. The summed E-state index contributed by atoms with van der Waals surface area (Å²) in [5.74, 6) is 0.679. The van der Waals surface area contributed by atoms with Gasteiger partial charge in [-0.05, 0) is 35.7 Å². The van der Waals surface area contributed by atoms with E-state index in [0.717, 1.165) is 4.90 Å². The Morgan fingerprint density at radius 1 is 0.645 bits per heavy atom. The zero-order valence-corrected chi connectivity index (χ0v) is 19.4. The summed E-state index contributed by atoms with van der Waals surface area (Å²) in [5, 5.41) is 9.45. The van der Waals surface area contributed by atoms with Crippen LogP contribution in [-0.4, -0.2) is 17.5 Å². The number of thioether (sulfide) groups is 1. The van der Waals surface area contributed by atoms with Crippen molar-refractivity contribution < 1.29 is 5.11 Å². The van der Waals surface area contributed by atoms with Crippen LogP contribution in [0.1, 0.15) is 22.3 Å². The number of aliphatic hydroxyl groups excluding tert-OH is 1. The number of thiol groups is 1. The molecule has 0 spiro atoms. The minimum absolute atomic E-state index is 0.166. The molecule has 0 aromatic heterocycles. The molecule has 0 saturated carbocycles. The number of aliphatic hydroxyl groups is 1. The van der Waals surface area contributed by atoms with E-state index in [1.165, 1.54) is 22.3 Å². The summed E-state index contributed by atoms with van der Waals surface area (Å²) in [7, 11) is 0. The van der Waals surface area contributed by atoms with E-state index in [1.54, 1.807) is 11.8 Å². The molecule has 0 aliphatic carbocycles. The molecule has 0 radical (unpaired) electrons. The van der Waals surface area contributed by atoms with Crippen LogP contribution in [0.3, 0.4) is 0 Å². The maximum Gasteiger partial charge on any atom is 0.0907 e. The molecule has 31 heavy (non-hydrogen) atoms. The Balaban J connectivity index is 0.000000287. The van der Waals surface area contributed by atoms with Crippen molar-refractivity contribution in [1.82, 2.24) is 0 Å². The Morgan fingerprint density at radius 3 is 1.35 bits per heavy atom. The monoisotopic (exact) mass is 444 g/mol. The highest BCUT2D eigenvalue weighted by Crippen LogP contribution is 2.48. The number of hydrogen-bond donors (Lipinski definition) is 2. The summed E-state index contributed by atoms with van der Waals surface area (Å²) in [4.78, 5) is 1.02. The molecule has 0 unspecified atom stereocenters. The van der Waals surface area contributed by atoms with Gasteiger partial charge in [-0.2, -0.15) is 0 Å². The first-order chi connectivity index (χ1) is 15.2. The molecule has 0 atom stereocenters. The number of benzene rings is 4. The molecule has 0 amide bonds. The molecule has 4 rings (SSSR count). The number of hydrogen-bond acceptors (Lipinski definition) is 3. The molecule has 4 aromatic rings. The zero-order chi connectivity index (χ0) is 21.9. The molecular formula is C28H28OS2. The molecule has 0 fully saturated rings. The van der Waals surface area contributed by atoms with Crippen LogP contribution in [0.2, 0.25) is 0 Å². The van der Waals surface area contributed by atoms with Gasteiger partial charge < -0.3 is 5.11 Å². The molecule has 0 bridgehead atoms. The molecule has 0 saturated heterocycles. The van der Waals surface area contributed by atoms with Crippen molar-refractivity contribution in [1.29, 1.82) is 0 Å². The molecule has 4 aromatic carbocycles. The van der Waals surface area contributed by atoms with Gasteiger partial charge in [0.2, 0.25) is 0 Å². The smallest absolute Gasteiger partial charge is 0.0907 e. The standard InChI is InChI=1S/C21H20OS.C7H8S/c22-16-17-23-21(18-10-4-1-5-11-18,19-12-6-2-7-13-19)20-14-8-3-9-15-20;1-6-2-4-7(8)5-3-6/h1-15,22H,16-17H2;2-5,8H,1H3. The van der Waals surface area contributed by atoms with Gasteiger partial charge in [-0.1, -0.05) is 109 Å². The van der Waals surface area contributed by atoms with Gasteiger partial charge in [-0.25, -0.2) is 0 Å². The number of rotatable bonds is 6. The lowest BCUT2D eigenvalue weighted by atomic mass is 9.84. The lowest BCUT2D eigenvalue weighted by Crippen LogP contribution is -2.26. The lowest BCUT2D eigenvalue weighted by molar-refractivity contribution is 0.322. The van der Waals surface area contributed by atoms with Crippen molar-refractivity contribution in [3.05, 3.63) is 138 Å². The van der Waals surface area contributed by atoms with Gasteiger partial charge in [0.25, 0.3) is 0 Å². The van der Waals surface area contributed by atoms with E-state index in [-0.39, 0.29) is 11.4 Å². The zero-order valence-electron chi connectivity index (χ0n) is 17.7. The van der Waals surface area contributed by atoms with Gasteiger partial charge in [0, 0.05) is 10.6 Å². The summed E-state index contributed by atoms with van der Waals surface area (Å²) in [6.07, 6.45) is 0. The van der Waals surface area contributed by atoms with Crippen LogP contribution in [-0.2, 0) is 4.75 Å². The topological polar surface area (TPSA) is 20.2 Å². The van der Waals surface area contributed by atoms with Gasteiger partial charge >= 0.3 is 0 Å². The van der Waals surface area contributed by atoms with Crippen molar-refractivity contribution in [2.45, 2.75) is 16.6 Å². The van der Waals surface area contributed by atoms with Crippen molar-refractivity contribution in [3.63, 3.8) is 0 Å². The third-order valence-corrected chi connectivity index (χ3v) is 6.81. The molecular weight excluding hydrogens is 416 g/mol. The third-order valence-electron chi connectivity index (χ3n) is 4.98. The van der Waals surface area contributed by atoms with Gasteiger partial charge in [-0.3, -0.25) is 0 Å². The van der Waals surface area contributed by atoms with Crippen LogP contribution in [0, 0.1) is 6.92 Å². The Hall–Kier alpha value is -2.46. The Labute approximate surface area is 195 Å². The van der Waals surface area contributed by atoms with Crippen molar-refractivity contribution >= 4 is 24.4 Å². The lowest BCUT2D eigenvalue weighted by Gasteiger charge is -2.35.